The lowest BCUT2D eigenvalue weighted by atomic mass is 10.2. The summed E-state index contributed by atoms with van der Waals surface area (Å²) < 4.78 is 12.9. The third-order valence-electron chi connectivity index (χ3n) is 3.55. The van der Waals surface area contributed by atoms with E-state index in [1.807, 2.05) is 47.7 Å². The fourth-order valence-corrected chi connectivity index (χ4v) is 3.22. The Kier molecular flexibility index (Phi) is 5.53. The van der Waals surface area contributed by atoms with E-state index in [9.17, 15) is 9.18 Å². The summed E-state index contributed by atoms with van der Waals surface area (Å²) in [6.07, 6.45) is 0. The zero-order valence-corrected chi connectivity index (χ0v) is 14.6. The number of hydrogen-bond donors (Lipinski definition) is 1. The molecule has 0 fully saturated rings. The zero-order valence-electron chi connectivity index (χ0n) is 13.8. The second-order valence-corrected chi connectivity index (χ2v) is 6.60. The molecule has 0 radical (unpaired) electrons. The van der Waals surface area contributed by atoms with Crippen molar-refractivity contribution in [2.24, 2.45) is 0 Å². The van der Waals surface area contributed by atoms with Crippen LogP contribution in [-0.2, 0) is 11.3 Å². The van der Waals surface area contributed by atoms with Crippen LogP contribution in [0.3, 0.4) is 0 Å². The van der Waals surface area contributed by atoms with Crippen molar-refractivity contribution < 1.29 is 9.18 Å². The van der Waals surface area contributed by atoms with Gasteiger partial charge in [0.05, 0.1) is 12.2 Å². The van der Waals surface area contributed by atoms with Gasteiger partial charge < -0.3 is 5.32 Å². The molecule has 0 bridgehead atoms. The van der Waals surface area contributed by atoms with Crippen molar-refractivity contribution in [2.45, 2.75) is 6.54 Å². The van der Waals surface area contributed by atoms with Crippen molar-refractivity contribution in [3.05, 3.63) is 71.5 Å². The first-order valence-corrected chi connectivity index (χ1v) is 8.72. The Bertz CT molecular complexity index is 833. The predicted molar refractivity (Wildman–Crippen MR) is 98.9 cm³/mol. The number of nitrogens with one attached hydrogen (secondary N) is 1. The van der Waals surface area contributed by atoms with Crippen LogP contribution in [0.4, 0.5) is 10.1 Å². The van der Waals surface area contributed by atoms with E-state index in [0.717, 1.165) is 16.3 Å². The van der Waals surface area contributed by atoms with E-state index in [-0.39, 0.29) is 18.3 Å². The summed E-state index contributed by atoms with van der Waals surface area (Å²) in [4.78, 5) is 18.6. The number of nitrogens with zero attached hydrogens (tertiary/aromatic N) is 2. The highest BCUT2D eigenvalue weighted by molar-refractivity contribution is 7.13. The average Bonchev–Trinajstić information content (AvgIpc) is 3.06. The van der Waals surface area contributed by atoms with Crippen LogP contribution in [-0.4, -0.2) is 29.4 Å². The molecule has 25 heavy (non-hydrogen) atoms. The van der Waals surface area contributed by atoms with E-state index in [4.69, 9.17) is 0 Å². The van der Waals surface area contributed by atoms with Crippen LogP contribution >= 0.6 is 11.3 Å². The second kappa shape index (κ2) is 8.00. The fraction of sp³-hybridized carbons (Fsp3) is 0.158. The summed E-state index contributed by atoms with van der Waals surface area (Å²) in [5.41, 5.74) is 2.61. The minimum absolute atomic E-state index is 0.146. The minimum atomic E-state index is -0.326. The molecule has 0 unspecified atom stereocenters. The molecule has 0 aliphatic heterocycles. The minimum Gasteiger partial charge on any atom is -0.325 e. The molecule has 6 heteroatoms. The monoisotopic (exact) mass is 355 g/mol. The largest absolute Gasteiger partial charge is 0.325 e. The van der Waals surface area contributed by atoms with E-state index in [0.29, 0.717) is 12.2 Å². The van der Waals surface area contributed by atoms with E-state index in [1.54, 1.807) is 23.5 Å². The van der Waals surface area contributed by atoms with E-state index in [2.05, 4.69) is 10.3 Å². The maximum atomic E-state index is 12.9. The molecular weight excluding hydrogens is 337 g/mol. The molecule has 2 aromatic carbocycles. The van der Waals surface area contributed by atoms with Gasteiger partial charge in [-0.05, 0) is 31.3 Å². The topological polar surface area (TPSA) is 45.2 Å². The fourth-order valence-electron chi connectivity index (χ4n) is 2.40. The molecule has 0 spiro atoms. The maximum absolute atomic E-state index is 12.9. The molecular formula is C19H18FN3OS. The number of hydrogen-bond acceptors (Lipinski definition) is 4. The molecule has 1 amide bonds. The summed E-state index contributed by atoms with van der Waals surface area (Å²) in [6, 6.07) is 15.7. The van der Waals surface area contributed by atoms with Crippen LogP contribution in [0.1, 0.15) is 5.69 Å². The highest BCUT2D eigenvalue weighted by Crippen LogP contribution is 2.23. The van der Waals surface area contributed by atoms with Gasteiger partial charge in [-0.15, -0.1) is 11.3 Å². The Hall–Kier alpha value is -2.57. The molecule has 1 heterocycles. The number of amides is 1. The maximum Gasteiger partial charge on any atom is 0.238 e. The first kappa shape index (κ1) is 17.3. The smallest absolute Gasteiger partial charge is 0.238 e. The first-order valence-electron chi connectivity index (χ1n) is 7.84. The summed E-state index contributed by atoms with van der Waals surface area (Å²) >= 11 is 1.59. The van der Waals surface area contributed by atoms with Crippen molar-refractivity contribution >= 4 is 22.9 Å². The molecule has 0 saturated heterocycles. The second-order valence-electron chi connectivity index (χ2n) is 5.74. The number of carbonyl (C=O) groups is 1. The summed E-state index contributed by atoms with van der Waals surface area (Å²) in [6.45, 7) is 0.815. The lowest BCUT2D eigenvalue weighted by molar-refractivity contribution is -0.117. The van der Waals surface area contributed by atoms with Crippen LogP contribution in [0.25, 0.3) is 10.6 Å². The van der Waals surface area contributed by atoms with Crippen LogP contribution < -0.4 is 5.32 Å². The molecule has 1 aromatic heterocycles. The zero-order chi connectivity index (χ0) is 17.6. The average molecular weight is 355 g/mol. The van der Waals surface area contributed by atoms with Crippen LogP contribution in [0.15, 0.2) is 60.0 Å². The number of benzene rings is 2. The number of aromatic nitrogens is 1. The Morgan fingerprint density at radius 2 is 1.88 bits per heavy atom. The van der Waals surface area contributed by atoms with Crippen molar-refractivity contribution in [1.29, 1.82) is 0 Å². The Balaban J connectivity index is 1.54. The van der Waals surface area contributed by atoms with Gasteiger partial charge in [0.1, 0.15) is 10.8 Å². The van der Waals surface area contributed by atoms with Gasteiger partial charge in [-0.3, -0.25) is 9.69 Å². The van der Waals surface area contributed by atoms with Gasteiger partial charge in [0.25, 0.3) is 0 Å². The number of halogens is 1. The molecule has 1 N–H and O–H groups in total. The van der Waals surface area contributed by atoms with Gasteiger partial charge >= 0.3 is 0 Å². The highest BCUT2D eigenvalue weighted by Gasteiger charge is 2.10. The van der Waals surface area contributed by atoms with Gasteiger partial charge in [0.15, 0.2) is 0 Å². The first-order chi connectivity index (χ1) is 12.1. The molecule has 0 aliphatic carbocycles. The van der Waals surface area contributed by atoms with Crippen molar-refractivity contribution in [1.82, 2.24) is 9.88 Å². The Labute approximate surface area is 150 Å². The number of rotatable bonds is 6. The predicted octanol–water partition coefficient (Wildman–Crippen LogP) is 4.02. The molecule has 0 saturated carbocycles. The summed E-state index contributed by atoms with van der Waals surface area (Å²) in [7, 11) is 1.87. The van der Waals surface area contributed by atoms with Gasteiger partial charge in [-0.2, -0.15) is 0 Å². The van der Waals surface area contributed by atoms with Crippen LogP contribution in [0, 0.1) is 5.82 Å². The van der Waals surface area contributed by atoms with Crippen molar-refractivity contribution in [2.75, 3.05) is 18.9 Å². The van der Waals surface area contributed by atoms with E-state index < -0.39 is 0 Å². The number of carbonyl (C=O) groups excluding carboxylic acids is 1. The molecule has 4 nitrogen and oxygen atoms in total. The number of anilines is 1. The van der Waals surface area contributed by atoms with Gasteiger partial charge in [0, 0.05) is 23.2 Å². The van der Waals surface area contributed by atoms with Crippen LogP contribution in [0.2, 0.25) is 0 Å². The number of thiazole rings is 1. The van der Waals surface area contributed by atoms with Crippen molar-refractivity contribution in [3.8, 4) is 10.6 Å². The van der Waals surface area contributed by atoms with Crippen LogP contribution in [0.5, 0.6) is 0 Å². The lowest BCUT2D eigenvalue weighted by Gasteiger charge is -2.15. The Morgan fingerprint density at radius 3 is 2.60 bits per heavy atom. The van der Waals surface area contributed by atoms with E-state index >= 15 is 0 Å². The standard InChI is InChI=1S/C19H18FN3OS/c1-23(12-18(24)21-16-9-7-15(20)8-10-16)11-17-13-25-19(22-17)14-5-3-2-4-6-14/h2-10,13H,11-12H2,1H3,(H,21,24). The quantitative estimate of drug-likeness (QED) is 0.726. The molecule has 0 aliphatic rings. The molecule has 3 aromatic rings. The Morgan fingerprint density at radius 1 is 1.16 bits per heavy atom. The molecule has 3 rings (SSSR count). The lowest BCUT2D eigenvalue weighted by Crippen LogP contribution is -2.29. The van der Waals surface area contributed by atoms with Gasteiger partial charge in [0.2, 0.25) is 5.91 Å². The molecule has 0 atom stereocenters. The SMILES string of the molecule is CN(CC(=O)Nc1ccc(F)cc1)Cc1csc(-c2ccccc2)n1. The third kappa shape index (κ3) is 4.95. The highest BCUT2D eigenvalue weighted by atomic mass is 32.1. The van der Waals surface area contributed by atoms with E-state index in [1.165, 1.54) is 12.1 Å². The number of likely N-dealkylation sites (N-methyl/N-ethyl adjacent to an activating group) is 1. The van der Waals surface area contributed by atoms with Crippen molar-refractivity contribution in [3.63, 3.8) is 0 Å². The summed E-state index contributed by atoms with van der Waals surface area (Å²) in [5.74, 6) is -0.472. The normalized spacial score (nSPS) is 10.8. The summed E-state index contributed by atoms with van der Waals surface area (Å²) in [5, 5.41) is 5.73. The van der Waals surface area contributed by atoms with Gasteiger partial charge in [-0.25, -0.2) is 9.37 Å². The van der Waals surface area contributed by atoms with Gasteiger partial charge in [-0.1, -0.05) is 30.3 Å². The third-order valence-corrected chi connectivity index (χ3v) is 4.49. The molecule has 128 valence electrons.